The molecule has 0 amide bonds. The van der Waals surface area contributed by atoms with E-state index in [0.29, 0.717) is 11.7 Å². The standard InChI is InChI=1S/C16H20O/c17-15(12-13-8-9-13)16(10-4-5-11-16)14-6-2-1-3-7-14/h1-3,6-7,13H,4-5,8-12H2. The summed E-state index contributed by atoms with van der Waals surface area (Å²) >= 11 is 0. The van der Waals surface area contributed by atoms with E-state index in [4.69, 9.17) is 0 Å². The third kappa shape index (κ3) is 2.03. The Hall–Kier alpha value is -1.11. The Balaban J connectivity index is 1.89. The molecule has 1 heteroatoms. The van der Waals surface area contributed by atoms with Gasteiger partial charge in [-0.3, -0.25) is 4.79 Å². The van der Waals surface area contributed by atoms with E-state index >= 15 is 0 Å². The molecule has 0 atom stereocenters. The van der Waals surface area contributed by atoms with E-state index in [2.05, 4.69) is 24.3 Å². The summed E-state index contributed by atoms with van der Waals surface area (Å²) in [7, 11) is 0. The third-order valence-corrected chi connectivity index (χ3v) is 4.49. The molecule has 3 rings (SSSR count). The van der Waals surface area contributed by atoms with Crippen LogP contribution in [0.3, 0.4) is 0 Å². The molecule has 17 heavy (non-hydrogen) atoms. The van der Waals surface area contributed by atoms with Crippen molar-refractivity contribution in [3.05, 3.63) is 35.9 Å². The van der Waals surface area contributed by atoms with Crippen LogP contribution < -0.4 is 0 Å². The van der Waals surface area contributed by atoms with E-state index < -0.39 is 0 Å². The SMILES string of the molecule is O=C(CC1CC1)C1(c2ccccc2)CCCC1. The lowest BCUT2D eigenvalue weighted by molar-refractivity contribution is -0.124. The third-order valence-electron chi connectivity index (χ3n) is 4.49. The Morgan fingerprint density at radius 3 is 2.35 bits per heavy atom. The quantitative estimate of drug-likeness (QED) is 0.764. The fourth-order valence-corrected chi connectivity index (χ4v) is 3.24. The van der Waals surface area contributed by atoms with Crippen LogP contribution in [0.4, 0.5) is 0 Å². The minimum Gasteiger partial charge on any atom is -0.299 e. The molecule has 0 N–H and O–H groups in total. The highest BCUT2D eigenvalue weighted by molar-refractivity contribution is 5.90. The summed E-state index contributed by atoms with van der Waals surface area (Å²) < 4.78 is 0. The molecule has 0 bridgehead atoms. The number of hydrogen-bond donors (Lipinski definition) is 0. The van der Waals surface area contributed by atoms with Crippen molar-refractivity contribution in [2.75, 3.05) is 0 Å². The molecule has 0 aliphatic heterocycles. The van der Waals surface area contributed by atoms with E-state index in [9.17, 15) is 4.79 Å². The first kappa shape index (κ1) is 11.0. The van der Waals surface area contributed by atoms with E-state index in [-0.39, 0.29) is 5.41 Å². The van der Waals surface area contributed by atoms with Crippen molar-refractivity contribution in [2.24, 2.45) is 5.92 Å². The Bertz CT molecular complexity index is 397. The number of Topliss-reactive ketones (excluding diaryl/α,β-unsaturated/α-hetero) is 1. The van der Waals surface area contributed by atoms with Crippen LogP contribution in [0.1, 0.15) is 50.5 Å². The molecule has 90 valence electrons. The second kappa shape index (κ2) is 4.29. The number of benzene rings is 1. The normalized spacial score (nSPS) is 22.6. The van der Waals surface area contributed by atoms with Crippen molar-refractivity contribution in [3.63, 3.8) is 0 Å². The summed E-state index contributed by atoms with van der Waals surface area (Å²) in [6.07, 6.45) is 7.95. The van der Waals surface area contributed by atoms with E-state index in [1.54, 1.807) is 0 Å². The molecular formula is C16H20O. The predicted molar refractivity (Wildman–Crippen MR) is 68.9 cm³/mol. The summed E-state index contributed by atoms with van der Waals surface area (Å²) in [6.45, 7) is 0. The second-order valence-corrected chi connectivity index (χ2v) is 5.73. The summed E-state index contributed by atoms with van der Waals surface area (Å²) in [5.74, 6) is 1.23. The van der Waals surface area contributed by atoms with Crippen molar-refractivity contribution in [1.29, 1.82) is 0 Å². The van der Waals surface area contributed by atoms with Gasteiger partial charge in [0, 0.05) is 6.42 Å². The van der Waals surface area contributed by atoms with Crippen LogP contribution in [0.25, 0.3) is 0 Å². The van der Waals surface area contributed by atoms with Crippen LogP contribution in [-0.4, -0.2) is 5.78 Å². The van der Waals surface area contributed by atoms with Gasteiger partial charge in [-0.05, 0) is 37.2 Å². The maximum Gasteiger partial charge on any atom is 0.143 e. The van der Waals surface area contributed by atoms with Crippen LogP contribution in [0.2, 0.25) is 0 Å². The zero-order valence-corrected chi connectivity index (χ0v) is 10.3. The number of ketones is 1. The maximum absolute atomic E-state index is 12.6. The Kier molecular flexibility index (Phi) is 2.78. The lowest BCUT2D eigenvalue weighted by atomic mass is 9.74. The molecule has 0 unspecified atom stereocenters. The molecular weight excluding hydrogens is 208 g/mol. The number of hydrogen-bond acceptors (Lipinski definition) is 1. The molecule has 1 aromatic rings. The first-order valence-corrected chi connectivity index (χ1v) is 6.90. The second-order valence-electron chi connectivity index (χ2n) is 5.73. The van der Waals surface area contributed by atoms with Crippen molar-refractivity contribution in [2.45, 2.75) is 50.4 Å². The molecule has 2 aliphatic rings. The van der Waals surface area contributed by atoms with Crippen LogP contribution >= 0.6 is 0 Å². The van der Waals surface area contributed by atoms with Crippen molar-refractivity contribution >= 4 is 5.78 Å². The lowest BCUT2D eigenvalue weighted by Gasteiger charge is -2.28. The van der Waals surface area contributed by atoms with Crippen LogP contribution in [-0.2, 0) is 10.2 Å². The Labute approximate surface area is 103 Å². The van der Waals surface area contributed by atoms with Gasteiger partial charge in [-0.25, -0.2) is 0 Å². The van der Waals surface area contributed by atoms with Gasteiger partial charge in [0.1, 0.15) is 5.78 Å². The fraction of sp³-hybridized carbons (Fsp3) is 0.562. The van der Waals surface area contributed by atoms with Gasteiger partial charge in [-0.2, -0.15) is 0 Å². The average Bonchev–Trinajstić information content (AvgIpc) is 3.04. The number of carbonyl (C=O) groups excluding carboxylic acids is 1. The summed E-state index contributed by atoms with van der Waals surface area (Å²) in [5, 5.41) is 0. The number of rotatable bonds is 4. The van der Waals surface area contributed by atoms with Crippen LogP contribution in [0.5, 0.6) is 0 Å². The van der Waals surface area contributed by atoms with Crippen molar-refractivity contribution < 1.29 is 4.79 Å². The van der Waals surface area contributed by atoms with Gasteiger partial charge in [-0.1, -0.05) is 43.2 Å². The van der Waals surface area contributed by atoms with E-state index in [1.165, 1.54) is 31.2 Å². The predicted octanol–water partition coefficient (Wildman–Crippen LogP) is 3.87. The van der Waals surface area contributed by atoms with Crippen molar-refractivity contribution in [3.8, 4) is 0 Å². The zero-order valence-electron chi connectivity index (χ0n) is 10.3. The largest absolute Gasteiger partial charge is 0.299 e. The molecule has 0 spiro atoms. The van der Waals surface area contributed by atoms with Gasteiger partial charge in [0.25, 0.3) is 0 Å². The van der Waals surface area contributed by atoms with Gasteiger partial charge >= 0.3 is 0 Å². The molecule has 0 heterocycles. The lowest BCUT2D eigenvalue weighted by Crippen LogP contribution is -2.33. The minimum atomic E-state index is -0.121. The molecule has 1 nitrogen and oxygen atoms in total. The first-order valence-electron chi connectivity index (χ1n) is 6.90. The van der Waals surface area contributed by atoms with Gasteiger partial charge in [0.05, 0.1) is 5.41 Å². The summed E-state index contributed by atoms with van der Waals surface area (Å²) in [4.78, 5) is 12.6. The molecule has 0 saturated heterocycles. The molecule has 0 radical (unpaired) electrons. The smallest absolute Gasteiger partial charge is 0.143 e. The number of carbonyl (C=O) groups is 1. The zero-order chi connectivity index (χ0) is 11.7. The minimum absolute atomic E-state index is 0.121. The summed E-state index contributed by atoms with van der Waals surface area (Å²) in [6, 6.07) is 10.5. The van der Waals surface area contributed by atoms with Gasteiger partial charge in [-0.15, -0.1) is 0 Å². The maximum atomic E-state index is 12.6. The van der Waals surface area contributed by atoms with Gasteiger partial charge in [0.15, 0.2) is 0 Å². The summed E-state index contributed by atoms with van der Waals surface area (Å²) in [5.41, 5.74) is 1.15. The highest BCUT2D eigenvalue weighted by atomic mass is 16.1. The van der Waals surface area contributed by atoms with Crippen molar-refractivity contribution in [1.82, 2.24) is 0 Å². The average molecular weight is 228 g/mol. The Morgan fingerprint density at radius 2 is 1.76 bits per heavy atom. The molecule has 2 fully saturated rings. The topological polar surface area (TPSA) is 17.1 Å². The molecule has 0 aromatic heterocycles. The first-order chi connectivity index (χ1) is 8.31. The molecule has 2 saturated carbocycles. The molecule has 2 aliphatic carbocycles. The van der Waals surface area contributed by atoms with Gasteiger partial charge < -0.3 is 0 Å². The Morgan fingerprint density at radius 1 is 1.12 bits per heavy atom. The van der Waals surface area contributed by atoms with Crippen LogP contribution in [0.15, 0.2) is 30.3 Å². The molecule has 1 aromatic carbocycles. The fourth-order valence-electron chi connectivity index (χ4n) is 3.24. The van der Waals surface area contributed by atoms with Gasteiger partial charge in [0.2, 0.25) is 0 Å². The van der Waals surface area contributed by atoms with E-state index in [0.717, 1.165) is 19.3 Å². The van der Waals surface area contributed by atoms with E-state index in [1.807, 2.05) is 6.07 Å². The highest BCUT2D eigenvalue weighted by Crippen LogP contribution is 2.45. The monoisotopic (exact) mass is 228 g/mol. The highest BCUT2D eigenvalue weighted by Gasteiger charge is 2.43. The van der Waals surface area contributed by atoms with Crippen LogP contribution in [0, 0.1) is 5.92 Å².